The van der Waals surface area contributed by atoms with Crippen molar-refractivity contribution in [1.29, 1.82) is 0 Å². The van der Waals surface area contributed by atoms with Crippen LogP contribution in [-0.4, -0.2) is 47.2 Å². The first kappa shape index (κ1) is 23.1. The summed E-state index contributed by atoms with van der Waals surface area (Å²) in [6.07, 6.45) is 0.197. The zero-order valence-corrected chi connectivity index (χ0v) is 18.9. The molecule has 3 amide bonds. The predicted octanol–water partition coefficient (Wildman–Crippen LogP) is 4.06. The summed E-state index contributed by atoms with van der Waals surface area (Å²) in [5, 5.41) is 13.8. The van der Waals surface area contributed by atoms with Crippen LogP contribution in [0.1, 0.15) is 42.9 Å². The number of nitrogens with zero attached hydrogens (tertiary/aromatic N) is 1. The van der Waals surface area contributed by atoms with Crippen LogP contribution in [0.4, 0.5) is 4.79 Å². The number of carbonyl (C=O) groups excluding carboxylic acids is 2. The Bertz CT molecular complexity index is 933. The first-order valence-corrected chi connectivity index (χ1v) is 10.9. The van der Waals surface area contributed by atoms with E-state index in [-0.39, 0.29) is 25.0 Å². The summed E-state index contributed by atoms with van der Waals surface area (Å²) in [4.78, 5) is 26.0. The third-order valence-corrected chi connectivity index (χ3v) is 5.82. The molecule has 1 aliphatic heterocycles. The highest BCUT2D eigenvalue weighted by atomic mass is 35.5. The lowest BCUT2D eigenvalue weighted by molar-refractivity contribution is -0.128. The van der Waals surface area contributed by atoms with E-state index < -0.39 is 18.2 Å². The second-order valence-electron chi connectivity index (χ2n) is 8.23. The van der Waals surface area contributed by atoms with Crippen molar-refractivity contribution in [3.8, 4) is 5.75 Å². The molecule has 2 atom stereocenters. The van der Waals surface area contributed by atoms with Crippen molar-refractivity contribution in [3.63, 3.8) is 0 Å². The van der Waals surface area contributed by atoms with E-state index in [4.69, 9.17) is 16.3 Å². The Hall–Kier alpha value is -2.57. The largest absolute Gasteiger partial charge is 0.491 e. The zero-order valence-electron chi connectivity index (χ0n) is 18.1. The highest BCUT2D eigenvalue weighted by Gasteiger charge is 2.38. The lowest BCUT2D eigenvalue weighted by atomic mass is 10.0. The summed E-state index contributed by atoms with van der Waals surface area (Å²) in [6.45, 7) is 5.81. The van der Waals surface area contributed by atoms with Crippen LogP contribution < -0.4 is 10.1 Å². The molecule has 7 heteroatoms. The Labute approximate surface area is 188 Å². The highest BCUT2D eigenvalue weighted by molar-refractivity contribution is 6.31. The second-order valence-corrected chi connectivity index (χ2v) is 8.64. The maximum atomic E-state index is 12.6. The van der Waals surface area contributed by atoms with Crippen LogP contribution in [0.3, 0.4) is 0 Å². The molecular weight excluding hydrogens is 416 g/mol. The molecule has 2 N–H and O–H groups in total. The fourth-order valence-corrected chi connectivity index (χ4v) is 3.77. The van der Waals surface area contributed by atoms with Gasteiger partial charge >= 0.3 is 6.03 Å². The number of aliphatic hydroxyl groups excluding tert-OH is 1. The van der Waals surface area contributed by atoms with Crippen molar-refractivity contribution >= 4 is 23.5 Å². The Morgan fingerprint density at radius 1 is 1.19 bits per heavy atom. The molecule has 166 valence electrons. The molecule has 0 saturated carbocycles. The number of urea groups is 1. The van der Waals surface area contributed by atoms with Gasteiger partial charge in [-0.3, -0.25) is 9.69 Å². The van der Waals surface area contributed by atoms with Crippen LogP contribution in [0.25, 0.3) is 0 Å². The van der Waals surface area contributed by atoms with Gasteiger partial charge in [-0.1, -0.05) is 55.8 Å². The molecule has 1 saturated heterocycles. The number of aryl methyl sites for hydroxylation is 2. The number of imide groups is 1. The van der Waals surface area contributed by atoms with Gasteiger partial charge in [-0.2, -0.15) is 0 Å². The quantitative estimate of drug-likeness (QED) is 0.571. The topological polar surface area (TPSA) is 78.9 Å². The van der Waals surface area contributed by atoms with E-state index in [9.17, 15) is 14.7 Å². The Kier molecular flexibility index (Phi) is 7.57. The van der Waals surface area contributed by atoms with Gasteiger partial charge in [0.1, 0.15) is 24.5 Å². The van der Waals surface area contributed by atoms with Crippen LogP contribution in [0.15, 0.2) is 42.5 Å². The molecule has 3 rings (SSSR count). The van der Waals surface area contributed by atoms with Gasteiger partial charge in [0.15, 0.2) is 0 Å². The van der Waals surface area contributed by atoms with Gasteiger partial charge in [0.2, 0.25) is 0 Å². The van der Waals surface area contributed by atoms with Gasteiger partial charge < -0.3 is 15.2 Å². The third-order valence-electron chi connectivity index (χ3n) is 5.41. The van der Waals surface area contributed by atoms with Crippen molar-refractivity contribution in [2.24, 2.45) is 0 Å². The van der Waals surface area contributed by atoms with Crippen molar-refractivity contribution < 1.29 is 19.4 Å². The minimum Gasteiger partial charge on any atom is -0.491 e. The minimum absolute atomic E-state index is 0.0352. The average Bonchev–Trinajstić information content (AvgIpc) is 3.00. The SMILES string of the molecule is Cc1cc(OCC(O)CN2C(=O)NC(CCc3ccccc3)C2=O)c(C(C)C)cc1Cl. The van der Waals surface area contributed by atoms with Crippen LogP contribution in [0, 0.1) is 6.92 Å². The number of carbonyl (C=O) groups is 2. The number of aliphatic hydroxyl groups is 1. The molecule has 2 aromatic rings. The van der Waals surface area contributed by atoms with Crippen LogP contribution in [0.5, 0.6) is 5.75 Å². The molecule has 0 aliphatic carbocycles. The fourth-order valence-electron chi connectivity index (χ4n) is 3.60. The van der Waals surface area contributed by atoms with E-state index in [2.05, 4.69) is 5.32 Å². The molecule has 0 aromatic heterocycles. The van der Waals surface area contributed by atoms with E-state index >= 15 is 0 Å². The second kappa shape index (κ2) is 10.2. The molecule has 1 heterocycles. The smallest absolute Gasteiger partial charge is 0.324 e. The molecule has 6 nitrogen and oxygen atoms in total. The van der Waals surface area contributed by atoms with Gasteiger partial charge in [-0.25, -0.2) is 4.79 Å². The van der Waals surface area contributed by atoms with Crippen LogP contribution >= 0.6 is 11.6 Å². The van der Waals surface area contributed by atoms with E-state index in [0.29, 0.717) is 23.6 Å². The Morgan fingerprint density at radius 3 is 2.58 bits per heavy atom. The van der Waals surface area contributed by atoms with Gasteiger partial charge in [-0.05, 0) is 54.5 Å². The molecule has 31 heavy (non-hydrogen) atoms. The summed E-state index contributed by atoms with van der Waals surface area (Å²) in [7, 11) is 0. The maximum absolute atomic E-state index is 12.6. The number of nitrogens with one attached hydrogen (secondary N) is 1. The first-order chi connectivity index (χ1) is 14.8. The number of hydrogen-bond donors (Lipinski definition) is 2. The van der Waals surface area contributed by atoms with Crippen molar-refractivity contribution in [3.05, 3.63) is 64.2 Å². The van der Waals surface area contributed by atoms with Crippen molar-refractivity contribution in [2.75, 3.05) is 13.2 Å². The minimum atomic E-state index is -1.00. The van der Waals surface area contributed by atoms with Crippen molar-refractivity contribution in [1.82, 2.24) is 10.2 Å². The van der Waals surface area contributed by atoms with E-state index in [1.54, 1.807) is 0 Å². The number of halogens is 1. The normalized spacial score (nSPS) is 17.2. The molecule has 2 unspecified atom stereocenters. The lowest BCUT2D eigenvalue weighted by Gasteiger charge is -2.20. The third kappa shape index (κ3) is 5.77. The summed E-state index contributed by atoms with van der Waals surface area (Å²) in [6, 6.07) is 12.5. The van der Waals surface area contributed by atoms with E-state index in [1.807, 2.05) is 63.2 Å². The molecule has 1 fully saturated rings. The Balaban J connectivity index is 1.55. The predicted molar refractivity (Wildman–Crippen MR) is 121 cm³/mol. The first-order valence-electron chi connectivity index (χ1n) is 10.5. The summed E-state index contributed by atoms with van der Waals surface area (Å²) in [5.74, 6) is 0.528. The standard InChI is InChI=1S/C24H29ClN2O4/c1-15(2)19-12-20(25)16(3)11-22(19)31-14-18(28)13-27-23(29)21(26-24(27)30)10-9-17-7-5-4-6-8-17/h4-8,11-12,15,18,21,28H,9-10,13-14H2,1-3H3,(H,26,30). The van der Waals surface area contributed by atoms with Crippen LogP contribution in [0.2, 0.25) is 5.02 Å². The monoisotopic (exact) mass is 444 g/mol. The molecule has 0 bridgehead atoms. The fraction of sp³-hybridized carbons (Fsp3) is 0.417. The van der Waals surface area contributed by atoms with E-state index in [1.165, 1.54) is 0 Å². The van der Waals surface area contributed by atoms with Crippen molar-refractivity contribution in [2.45, 2.75) is 51.7 Å². The summed E-state index contributed by atoms with van der Waals surface area (Å²) >= 11 is 6.22. The molecule has 0 spiro atoms. The van der Waals surface area contributed by atoms with Gasteiger partial charge in [0.25, 0.3) is 5.91 Å². The highest BCUT2D eigenvalue weighted by Crippen LogP contribution is 2.32. The lowest BCUT2D eigenvalue weighted by Crippen LogP contribution is -2.40. The molecule has 0 radical (unpaired) electrons. The maximum Gasteiger partial charge on any atom is 0.324 e. The van der Waals surface area contributed by atoms with Crippen LogP contribution in [-0.2, 0) is 11.2 Å². The summed E-state index contributed by atoms with van der Waals surface area (Å²) < 4.78 is 5.83. The van der Waals surface area contributed by atoms with Gasteiger partial charge in [0.05, 0.1) is 6.54 Å². The number of hydrogen-bond acceptors (Lipinski definition) is 4. The molecule has 2 aromatic carbocycles. The van der Waals surface area contributed by atoms with Gasteiger partial charge in [-0.15, -0.1) is 0 Å². The number of ether oxygens (including phenoxy) is 1. The average molecular weight is 445 g/mol. The molecule has 1 aliphatic rings. The Morgan fingerprint density at radius 2 is 1.90 bits per heavy atom. The number of rotatable bonds is 9. The summed E-state index contributed by atoms with van der Waals surface area (Å²) in [5.41, 5.74) is 2.93. The number of amides is 3. The number of benzene rings is 2. The molecular formula is C24H29ClN2O4. The number of β-amino-alcohol motifs (C(OH)–C–C–N with tert-alkyl or cyclic N) is 1. The van der Waals surface area contributed by atoms with E-state index in [0.717, 1.165) is 21.6 Å². The zero-order chi connectivity index (χ0) is 22.5. The van der Waals surface area contributed by atoms with Gasteiger partial charge in [0, 0.05) is 5.02 Å².